The van der Waals surface area contributed by atoms with Crippen molar-refractivity contribution in [2.24, 2.45) is 0 Å². The Hall–Kier alpha value is -1.67. The molecule has 0 radical (unpaired) electrons. The van der Waals surface area contributed by atoms with Gasteiger partial charge in [0.15, 0.2) is 11.5 Å². The lowest BCUT2D eigenvalue weighted by Crippen LogP contribution is -2.23. The van der Waals surface area contributed by atoms with Crippen LogP contribution < -0.4 is 18.9 Å². The van der Waals surface area contributed by atoms with Gasteiger partial charge in [-0.15, -0.1) is 0 Å². The first-order valence-corrected chi connectivity index (χ1v) is 10.5. The van der Waals surface area contributed by atoms with Gasteiger partial charge >= 0.3 is 0 Å². The quantitative estimate of drug-likeness (QED) is 0.638. The summed E-state index contributed by atoms with van der Waals surface area (Å²) in [5.41, 5.74) is 0.709. The van der Waals surface area contributed by atoms with E-state index in [4.69, 9.17) is 37.4 Å². The van der Waals surface area contributed by atoms with Crippen molar-refractivity contribution in [3.05, 3.63) is 45.9 Å². The third kappa shape index (κ3) is 5.19. The van der Waals surface area contributed by atoms with E-state index in [1.54, 1.807) is 18.2 Å². The maximum Gasteiger partial charge on any atom is 0.242 e. The standard InChI is InChI=1S/C18H21Cl2NO5S/c1-4-25-13-7-6-12(10-15(13)26-5-2)11-21-27(22,23)16-9-8-14(24-3)17(19)18(16)20/h6-10,21H,4-5,11H2,1-3H3. The van der Waals surface area contributed by atoms with Gasteiger partial charge in [-0.25, -0.2) is 13.1 Å². The van der Waals surface area contributed by atoms with Crippen molar-refractivity contribution in [2.45, 2.75) is 25.3 Å². The minimum Gasteiger partial charge on any atom is -0.495 e. The molecule has 6 nitrogen and oxygen atoms in total. The van der Waals surface area contributed by atoms with Gasteiger partial charge in [-0.3, -0.25) is 0 Å². The molecule has 0 aliphatic rings. The third-order valence-corrected chi connectivity index (χ3v) is 6.02. The summed E-state index contributed by atoms with van der Waals surface area (Å²) in [4.78, 5) is -0.120. The monoisotopic (exact) mass is 433 g/mol. The Morgan fingerprint density at radius 3 is 2.19 bits per heavy atom. The number of nitrogens with one attached hydrogen (secondary N) is 1. The third-order valence-electron chi connectivity index (χ3n) is 3.59. The van der Waals surface area contributed by atoms with Crippen molar-refractivity contribution in [3.8, 4) is 17.2 Å². The van der Waals surface area contributed by atoms with Crippen LogP contribution in [0.25, 0.3) is 0 Å². The van der Waals surface area contributed by atoms with E-state index in [2.05, 4.69) is 4.72 Å². The van der Waals surface area contributed by atoms with Crippen molar-refractivity contribution in [1.29, 1.82) is 0 Å². The van der Waals surface area contributed by atoms with E-state index in [0.29, 0.717) is 36.0 Å². The van der Waals surface area contributed by atoms with Crippen LogP contribution in [0.5, 0.6) is 17.2 Å². The predicted octanol–water partition coefficient (Wildman–Crippen LogP) is 4.28. The molecule has 2 rings (SSSR count). The summed E-state index contributed by atoms with van der Waals surface area (Å²) in [6.45, 7) is 4.76. The zero-order valence-corrected chi connectivity index (χ0v) is 17.5. The van der Waals surface area contributed by atoms with E-state index >= 15 is 0 Å². The smallest absolute Gasteiger partial charge is 0.242 e. The van der Waals surface area contributed by atoms with Crippen LogP contribution in [0.15, 0.2) is 35.2 Å². The maximum atomic E-state index is 12.6. The molecule has 0 bridgehead atoms. The molecule has 0 fully saturated rings. The number of halogens is 2. The molecule has 0 saturated heterocycles. The molecule has 9 heteroatoms. The average Bonchev–Trinajstić information content (AvgIpc) is 2.64. The minimum atomic E-state index is -3.88. The second-order valence-corrected chi connectivity index (χ2v) is 7.86. The Morgan fingerprint density at radius 1 is 0.926 bits per heavy atom. The van der Waals surface area contributed by atoms with Gasteiger partial charge in [0, 0.05) is 6.54 Å². The Morgan fingerprint density at radius 2 is 1.56 bits per heavy atom. The summed E-state index contributed by atoms with van der Waals surface area (Å²) in [6, 6.07) is 8.04. The highest BCUT2D eigenvalue weighted by atomic mass is 35.5. The van der Waals surface area contributed by atoms with Crippen LogP contribution in [-0.2, 0) is 16.6 Å². The fraction of sp³-hybridized carbons (Fsp3) is 0.333. The summed E-state index contributed by atoms with van der Waals surface area (Å²) >= 11 is 12.1. The molecule has 2 aromatic rings. The molecule has 0 aliphatic carbocycles. The normalized spacial score (nSPS) is 11.3. The largest absolute Gasteiger partial charge is 0.495 e. The zero-order valence-electron chi connectivity index (χ0n) is 15.2. The minimum absolute atomic E-state index is 0.0433. The number of benzene rings is 2. The SMILES string of the molecule is CCOc1ccc(CNS(=O)(=O)c2ccc(OC)c(Cl)c2Cl)cc1OCC. The summed E-state index contributed by atoms with van der Waals surface area (Å²) < 4.78 is 43.8. The predicted molar refractivity (Wildman–Crippen MR) is 106 cm³/mol. The molecule has 0 aliphatic heterocycles. The van der Waals surface area contributed by atoms with Gasteiger partial charge in [0.25, 0.3) is 0 Å². The molecule has 148 valence electrons. The Labute approximate surface area is 169 Å². The van der Waals surface area contributed by atoms with Crippen LogP contribution in [-0.4, -0.2) is 28.7 Å². The van der Waals surface area contributed by atoms with Crippen LogP contribution in [0, 0.1) is 0 Å². The van der Waals surface area contributed by atoms with Gasteiger partial charge in [0.2, 0.25) is 10.0 Å². The molecule has 0 heterocycles. The summed E-state index contributed by atoms with van der Waals surface area (Å²) in [5.74, 6) is 1.46. The molecule has 1 N–H and O–H groups in total. The first kappa shape index (κ1) is 21.6. The van der Waals surface area contributed by atoms with E-state index in [0.717, 1.165) is 0 Å². The van der Waals surface area contributed by atoms with Crippen LogP contribution in [0.3, 0.4) is 0 Å². The second-order valence-electron chi connectivity index (χ2n) is 5.37. The fourth-order valence-corrected chi connectivity index (χ4v) is 4.20. The van der Waals surface area contributed by atoms with Crippen LogP contribution >= 0.6 is 23.2 Å². The first-order valence-electron chi connectivity index (χ1n) is 8.24. The van der Waals surface area contributed by atoms with Gasteiger partial charge in [-0.1, -0.05) is 29.3 Å². The van der Waals surface area contributed by atoms with Crippen LogP contribution in [0.1, 0.15) is 19.4 Å². The van der Waals surface area contributed by atoms with Crippen LogP contribution in [0.2, 0.25) is 10.0 Å². The number of hydrogen-bond acceptors (Lipinski definition) is 5. The molecule has 0 unspecified atom stereocenters. The molecular formula is C18H21Cl2NO5S. The van der Waals surface area contributed by atoms with Gasteiger partial charge in [0.1, 0.15) is 15.7 Å². The summed E-state index contributed by atoms with van der Waals surface area (Å²) in [6.07, 6.45) is 0. The van der Waals surface area contributed by atoms with Gasteiger partial charge in [-0.05, 0) is 43.7 Å². The molecular weight excluding hydrogens is 413 g/mol. The molecule has 0 spiro atoms. The van der Waals surface area contributed by atoms with Gasteiger partial charge in [-0.2, -0.15) is 0 Å². The van der Waals surface area contributed by atoms with Crippen molar-refractivity contribution in [3.63, 3.8) is 0 Å². The molecule has 27 heavy (non-hydrogen) atoms. The molecule has 2 aromatic carbocycles. The van der Waals surface area contributed by atoms with Gasteiger partial charge < -0.3 is 14.2 Å². The summed E-state index contributed by atoms with van der Waals surface area (Å²) in [7, 11) is -2.45. The van der Waals surface area contributed by atoms with Crippen molar-refractivity contribution in [1.82, 2.24) is 4.72 Å². The summed E-state index contributed by atoms with van der Waals surface area (Å²) in [5, 5.41) is -0.0491. The van der Waals surface area contributed by atoms with E-state index in [-0.39, 0.29) is 21.5 Å². The fourth-order valence-electron chi connectivity index (χ4n) is 2.34. The van der Waals surface area contributed by atoms with E-state index < -0.39 is 10.0 Å². The molecule has 0 aromatic heterocycles. The number of hydrogen-bond donors (Lipinski definition) is 1. The van der Waals surface area contributed by atoms with Crippen molar-refractivity contribution >= 4 is 33.2 Å². The van der Waals surface area contributed by atoms with E-state index in [9.17, 15) is 8.42 Å². The first-order chi connectivity index (χ1) is 12.8. The number of ether oxygens (including phenoxy) is 3. The van der Waals surface area contributed by atoms with E-state index in [1.165, 1.54) is 19.2 Å². The topological polar surface area (TPSA) is 73.9 Å². The van der Waals surface area contributed by atoms with Gasteiger partial charge in [0.05, 0.1) is 25.3 Å². The van der Waals surface area contributed by atoms with E-state index in [1.807, 2.05) is 13.8 Å². The van der Waals surface area contributed by atoms with Crippen LogP contribution in [0.4, 0.5) is 0 Å². The maximum absolute atomic E-state index is 12.6. The number of methoxy groups -OCH3 is 1. The highest BCUT2D eigenvalue weighted by Gasteiger charge is 2.22. The molecule has 0 atom stereocenters. The Kier molecular flexibility index (Phi) is 7.61. The Bertz CT molecular complexity index is 903. The zero-order chi connectivity index (χ0) is 20.0. The second kappa shape index (κ2) is 9.50. The number of rotatable bonds is 9. The van der Waals surface area contributed by atoms with Crippen molar-refractivity contribution in [2.75, 3.05) is 20.3 Å². The lowest BCUT2D eigenvalue weighted by molar-refractivity contribution is 0.287. The average molecular weight is 434 g/mol. The number of sulfonamides is 1. The van der Waals surface area contributed by atoms with Crippen molar-refractivity contribution < 1.29 is 22.6 Å². The lowest BCUT2D eigenvalue weighted by atomic mass is 10.2. The highest BCUT2D eigenvalue weighted by Crippen LogP contribution is 2.36. The highest BCUT2D eigenvalue weighted by molar-refractivity contribution is 7.89. The molecule has 0 saturated carbocycles. The Balaban J connectivity index is 2.22. The molecule has 0 amide bonds. The lowest BCUT2D eigenvalue weighted by Gasteiger charge is -2.14.